The monoisotopic (exact) mass is 258 g/mol. The Labute approximate surface area is 76.2 Å². The van der Waals surface area contributed by atoms with Crippen LogP contribution in [0.3, 0.4) is 0 Å². The molecule has 0 aliphatic heterocycles. The summed E-state index contributed by atoms with van der Waals surface area (Å²) in [6.07, 6.45) is 0. The van der Waals surface area contributed by atoms with E-state index in [0.29, 0.717) is 0 Å². The van der Waals surface area contributed by atoms with E-state index >= 15 is 0 Å². The number of rotatable bonds is 0. The van der Waals surface area contributed by atoms with Gasteiger partial charge < -0.3 is 0 Å². The van der Waals surface area contributed by atoms with Crippen molar-refractivity contribution in [2.75, 3.05) is 0 Å². The normalized spacial score (nSPS) is 15.6. The quantitative estimate of drug-likeness (QED) is 0.254. The van der Waals surface area contributed by atoms with E-state index < -0.39 is 7.81 Å². The Morgan fingerprint density at radius 2 is 1.08 bits per heavy atom. The molecule has 0 aromatic heterocycles. The average Bonchev–Trinajstić information content (AvgIpc) is 1.11. The molecule has 0 rings (SSSR count). The summed E-state index contributed by atoms with van der Waals surface area (Å²) in [6.45, 7) is 8.75. The second kappa shape index (κ2) is 3.46. The van der Waals surface area contributed by atoms with Gasteiger partial charge in [0.05, 0.1) is 0 Å². The van der Waals surface area contributed by atoms with Gasteiger partial charge in [-0.1, -0.05) is 6.92 Å². The fraction of sp³-hybridized carbons (Fsp3) is 0.250. The molecule has 0 spiro atoms. The molecule has 0 fully saturated rings. The summed E-state index contributed by atoms with van der Waals surface area (Å²) in [7, 11) is -10.7. The van der Waals surface area contributed by atoms with Crippen molar-refractivity contribution < 1.29 is 41.7 Å². The van der Waals surface area contributed by atoms with Gasteiger partial charge >= 0.3 is 49.5 Å². The molecule has 12 heavy (non-hydrogen) atoms. The fourth-order valence-corrected chi connectivity index (χ4v) is 0. The zero-order valence-electron chi connectivity index (χ0n) is 5.95. The van der Waals surface area contributed by atoms with Crippen molar-refractivity contribution in [2.24, 2.45) is 0 Å². The largest absolute Gasteiger partial charge is 2.00 e. The first-order chi connectivity index (χ1) is 4.18. The van der Waals surface area contributed by atoms with Gasteiger partial charge in [-0.15, -0.1) is 0 Å². The van der Waals surface area contributed by atoms with Crippen molar-refractivity contribution in [3.8, 4) is 0 Å². The molecule has 0 heterocycles. The van der Waals surface area contributed by atoms with Gasteiger partial charge in [-0.3, -0.25) is 0 Å². The van der Waals surface area contributed by atoms with Crippen molar-refractivity contribution in [3.05, 3.63) is 19.1 Å². The first kappa shape index (κ1) is 18.0. The summed E-state index contributed by atoms with van der Waals surface area (Å²) in [6, 6.07) is 0. The van der Waals surface area contributed by atoms with Gasteiger partial charge in [0.2, 0.25) is 0 Å². The Bertz CT molecular complexity index is 137. The second-order valence-electron chi connectivity index (χ2n) is 1.92. The topological polar surface area (TPSA) is 0 Å². The van der Waals surface area contributed by atoms with Gasteiger partial charge in [0.25, 0.3) is 0 Å². The minimum absolute atomic E-state index is 0. The maximum atomic E-state index is 9.87. The molecular weight excluding hydrogens is 252 g/mol. The molecule has 0 radical (unpaired) electrons. The molecule has 0 bridgehead atoms. The molecule has 0 unspecified atom stereocenters. The van der Waals surface area contributed by atoms with Crippen molar-refractivity contribution in [2.45, 2.75) is 6.92 Å². The van der Waals surface area contributed by atoms with Crippen LogP contribution < -0.4 is 0 Å². The smallest absolute Gasteiger partial charge is 2.00 e. The first-order valence-electron chi connectivity index (χ1n) is 2.22. The predicted molar refractivity (Wildman–Crippen MR) is 33.7 cm³/mol. The third-order valence-corrected chi connectivity index (χ3v) is 0. The molecule has 0 atom stereocenters. The van der Waals surface area contributed by atoms with E-state index in [-0.39, 0.29) is 16.5 Å². The van der Waals surface area contributed by atoms with Crippen LogP contribution in [0.1, 0.15) is 6.92 Å². The third kappa shape index (κ3) is 65200. The Kier molecular flexibility index (Phi) is 5.20. The number of allylic oxidation sites excluding steroid dienone is 1. The summed E-state index contributed by atoms with van der Waals surface area (Å²) in [5.74, 6) is 0. The van der Waals surface area contributed by atoms with Crippen LogP contribution in [0.2, 0.25) is 0 Å². The number of hydrogen-bond acceptors (Lipinski definition) is 0. The maximum absolute atomic E-state index is 10.7. The van der Waals surface area contributed by atoms with E-state index in [9.17, 15) is 25.2 Å². The van der Waals surface area contributed by atoms with E-state index in [0.717, 1.165) is 5.57 Å². The molecule has 8 heteroatoms. The summed E-state index contributed by atoms with van der Waals surface area (Å²) >= 11 is 0. The van der Waals surface area contributed by atoms with Gasteiger partial charge in [-0.05, 0) is 0 Å². The molecule has 0 aromatic carbocycles. The molecule has 0 saturated carbocycles. The van der Waals surface area contributed by atoms with Crippen LogP contribution in [0, 0.1) is 6.92 Å². The van der Waals surface area contributed by atoms with Crippen LogP contribution in [0.25, 0.3) is 0 Å². The first-order valence-corrected chi connectivity index (χ1v) is 4.25. The number of hydrogen-bond donors (Lipinski definition) is 0. The van der Waals surface area contributed by atoms with Crippen LogP contribution in [-0.4, -0.2) is 0 Å². The Morgan fingerprint density at radius 3 is 1.08 bits per heavy atom. The molecule has 0 amide bonds. The number of halogens is 6. The van der Waals surface area contributed by atoms with Crippen LogP contribution in [0.15, 0.2) is 12.2 Å². The Morgan fingerprint density at radius 1 is 1.08 bits per heavy atom. The molecule has 0 saturated heterocycles. The van der Waals surface area contributed by atoms with Gasteiger partial charge in [0.15, 0.2) is 0 Å². The van der Waals surface area contributed by atoms with E-state index in [1.165, 1.54) is 0 Å². The predicted octanol–water partition coefficient (Wildman–Crippen LogP) is 4.78. The van der Waals surface area contributed by atoms with Crippen LogP contribution in [-0.2, 0) is 16.5 Å². The average molecular weight is 259 g/mol. The molecule has 0 aliphatic rings. The molecule has 80 valence electrons. The summed E-state index contributed by atoms with van der Waals surface area (Å²) in [5.41, 5.74) is 0.917. The molecule has 0 N–H and O–H groups in total. The third-order valence-electron chi connectivity index (χ3n) is 0. The molecule has 0 aromatic rings. The van der Waals surface area contributed by atoms with Gasteiger partial charge in [-0.2, -0.15) is 0 Å². The second-order valence-corrected chi connectivity index (χ2v) is 3.83. The van der Waals surface area contributed by atoms with Crippen molar-refractivity contribution in [3.63, 3.8) is 0 Å². The summed E-state index contributed by atoms with van der Waals surface area (Å²) in [5, 5.41) is 0. The minimum Gasteiger partial charge on any atom is 2.00 e. The van der Waals surface area contributed by atoms with Crippen LogP contribution >= 0.6 is 7.81 Å². The molecule has 0 nitrogen and oxygen atoms in total. The Balaban J connectivity index is -0.000000142. The fourth-order valence-electron chi connectivity index (χ4n) is 0. The van der Waals surface area contributed by atoms with Gasteiger partial charge in [-0.25, -0.2) is 19.1 Å². The van der Waals surface area contributed by atoms with Crippen LogP contribution in [0.4, 0.5) is 25.2 Å². The SMILES string of the molecule is C=C([CH2-])C.F[P-](F)(F)(F)(F)F.[Ni+2]. The van der Waals surface area contributed by atoms with Crippen molar-refractivity contribution in [1.29, 1.82) is 0 Å². The zero-order chi connectivity index (χ0) is 9.99. The molecular formula is C4H7F6NiP. The van der Waals surface area contributed by atoms with Crippen molar-refractivity contribution in [1.82, 2.24) is 0 Å². The van der Waals surface area contributed by atoms with E-state index in [2.05, 4.69) is 13.5 Å². The van der Waals surface area contributed by atoms with E-state index in [1.807, 2.05) is 6.92 Å². The summed E-state index contributed by atoms with van der Waals surface area (Å²) in [4.78, 5) is 0. The Hall–Kier alpha value is 0.114. The minimum atomic E-state index is -10.7. The van der Waals surface area contributed by atoms with Gasteiger partial charge in [0, 0.05) is 0 Å². The standard InChI is InChI=1S/C4H7.F6P.Ni/c1-4(2)3;1-7(2,3,4,5)6;/h1-2H2,3H3;;/q2*-1;+2. The van der Waals surface area contributed by atoms with Gasteiger partial charge in [0.1, 0.15) is 0 Å². The maximum Gasteiger partial charge on any atom is 2.00 e. The summed E-state index contributed by atoms with van der Waals surface area (Å²) < 4.78 is 59.2. The molecule has 0 aliphatic carbocycles. The van der Waals surface area contributed by atoms with Crippen LogP contribution in [0.5, 0.6) is 0 Å². The van der Waals surface area contributed by atoms with E-state index in [4.69, 9.17) is 0 Å². The zero-order valence-corrected chi connectivity index (χ0v) is 7.83. The van der Waals surface area contributed by atoms with E-state index in [1.54, 1.807) is 0 Å². The van der Waals surface area contributed by atoms with Crippen molar-refractivity contribution >= 4 is 7.81 Å².